The number of hydrogen-bond acceptors (Lipinski definition) is 2. The maximum atomic E-state index is 12.0. The molecule has 0 spiro atoms. The second-order valence-electron chi connectivity index (χ2n) is 5.77. The molecule has 2 saturated heterocycles. The molecule has 1 aromatic carbocycles. The van der Waals surface area contributed by atoms with E-state index in [1.54, 1.807) is 0 Å². The van der Waals surface area contributed by atoms with Crippen LogP contribution in [-0.2, 0) is 0 Å². The van der Waals surface area contributed by atoms with Crippen LogP contribution >= 0.6 is 0 Å². The van der Waals surface area contributed by atoms with Gasteiger partial charge >= 0.3 is 6.03 Å². The van der Waals surface area contributed by atoms with E-state index in [-0.39, 0.29) is 6.03 Å². The van der Waals surface area contributed by atoms with Crippen LogP contribution in [0.15, 0.2) is 24.3 Å². The normalized spacial score (nSPS) is 29.0. The molecule has 102 valence electrons. The highest BCUT2D eigenvalue weighted by atomic mass is 16.2. The van der Waals surface area contributed by atoms with Crippen molar-refractivity contribution >= 4 is 11.7 Å². The van der Waals surface area contributed by atoms with Gasteiger partial charge in [-0.2, -0.15) is 0 Å². The SMILES string of the molecule is Cc1cccc(NC(=O)NC2CC3CCC(C2)N3)c1. The largest absolute Gasteiger partial charge is 0.335 e. The first kappa shape index (κ1) is 12.5. The molecule has 0 aromatic heterocycles. The number of piperidine rings is 1. The zero-order chi connectivity index (χ0) is 13.2. The Kier molecular flexibility index (Phi) is 3.42. The van der Waals surface area contributed by atoms with Crippen LogP contribution in [0.1, 0.15) is 31.2 Å². The van der Waals surface area contributed by atoms with Crippen molar-refractivity contribution in [1.29, 1.82) is 0 Å². The number of carbonyl (C=O) groups is 1. The number of anilines is 1. The third kappa shape index (κ3) is 3.07. The van der Waals surface area contributed by atoms with E-state index in [9.17, 15) is 4.79 Å². The molecule has 19 heavy (non-hydrogen) atoms. The van der Waals surface area contributed by atoms with E-state index in [0.717, 1.165) is 24.1 Å². The van der Waals surface area contributed by atoms with E-state index >= 15 is 0 Å². The van der Waals surface area contributed by atoms with Crippen LogP contribution in [0.3, 0.4) is 0 Å². The first-order valence-electron chi connectivity index (χ1n) is 7.09. The van der Waals surface area contributed by atoms with Gasteiger partial charge in [-0.15, -0.1) is 0 Å². The molecular formula is C15H21N3O. The lowest BCUT2D eigenvalue weighted by Crippen LogP contribution is -2.49. The minimum absolute atomic E-state index is 0.0862. The zero-order valence-corrected chi connectivity index (χ0v) is 11.3. The Labute approximate surface area is 114 Å². The predicted molar refractivity (Wildman–Crippen MR) is 76.3 cm³/mol. The van der Waals surface area contributed by atoms with E-state index in [1.807, 2.05) is 31.2 Å². The number of nitrogens with one attached hydrogen (secondary N) is 3. The molecular weight excluding hydrogens is 238 g/mol. The number of rotatable bonds is 2. The topological polar surface area (TPSA) is 53.2 Å². The van der Waals surface area contributed by atoms with Gasteiger partial charge in [-0.05, 0) is 50.3 Å². The summed E-state index contributed by atoms with van der Waals surface area (Å²) in [5, 5.41) is 9.59. The number of urea groups is 1. The number of carbonyl (C=O) groups excluding carboxylic acids is 1. The van der Waals surface area contributed by atoms with Gasteiger partial charge in [0.05, 0.1) is 0 Å². The first-order chi connectivity index (χ1) is 9.19. The summed E-state index contributed by atoms with van der Waals surface area (Å²) in [5.74, 6) is 0. The number of fused-ring (bicyclic) bond motifs is 2. The van der Waals surface area contributed by atoms with Gasteiger partial charge in [-0.3, -0.25) is 0 Å². The van der Waals surface area contributed by atoms with Crippen molar-refractivity contribution in [2.24, 2.45) is 0 Å². The Hall–Kier alpha value is -1.55. The molecule has 2 heterocycles. The molecule has 0 aliphatic carbocycles. The summed E-state index contributed by atoms with van der Waals surface area (Å²) < 4.78 is 0. The first-order valence-corrected chi connectivity index (χ1v) is 7.09. The van der Waals surface area contributed by atoms with Gasteiger partial charge < -0.3 is 16.0 Å². The van der Waals surface area contributed by atoms with Crippen molar-refractivity contribution in [3.05, 3.63) is 29.8 Å². The Morgan fingerprint density at radius 1 is 1.26 bits per heavy atom. The van der Waals surface area contributed by atoms with Crippen molar-refractivity contribution in [1.82, 2.24) is 10.6 Å². The number of hydrogen-bond donors (Lipinski definition) is 3. The molecule has 2 atom stereocenters. The highest BCUT2D eigenvalue weighted by Gasteiger charge is 2.33. The van der Waals surface area contributed by atoms with Crippen molar-refractivity contribution < 1.29 is 4.79 Å². The standard InChI is InChI=1S/C15H21N3O/c1-10-3-2-4-11(7-10)17-15(19)18-14-8-12-5-6-13(9-14)16-12/h2-4,7,12-14,16H,5-6,8-9H2,1H3,(H2,17,18,19). The minimum Gasteiger partial charge on any atom is -0.335 e. The van der Waals surface area contributed by atoms with Crippen LogP contribution in [0.5, 0.6) is 0 Å². The number of benzene rings is 1. The fraction of sp³-hybridized carbons (Fsp3) is 0.533. The smallest absolute Gasteiger partial charge is 0.319 e. The van der Waals surface area contributed by atoms with Gasteiger partial charge in [-0.1, -0.05) is 12.1 Å². The van der Waals surface area contributed by atoms with Gasteiger partial charge in [0, 0.05) is 23.8 Å². The van der Waals surface area contributed by atoms with Crippen molar-refractivity contribution in [3.8, 4) is 0 Å². The molecule has 2 aliphatic heterocycles. The average Bonchev–Trinajstić information content (AvgIpc) is 2.68. The van der Waals surface area contributed by atoms with Crippen LogP contribution in [0, 0.1) is 6.92 Å². The summed E-state index contributed by atoms with van der Waals surface area (Å²) >= 11 is 0. The molecule has 2 fully saturated rings. The molecule has 4 nitrogen and oxygen atoms in total. The van der Waals surface area contributed by atoms with E-state index < -0.39 is 0 Å². The lowest BCUT2D eigenvalue weighted by Gasteiger charge is -2.29. The van der Waals surface area contributed by atoms with Crippen LogP contribution in [0.2, 0.25) is 0 Å². The Morgan fingerprint density at radius 2 is 2.00 bits per heavy atom. The van der Waals surface area contributed by atoms with Crippen LogP contribution in [-0.4, -0.2) is 24.2 Å². The molecule has 0 saturated carbocycles. The minimum atomic E-state index is -0.0862. The monoisotopic (exact) mass is 259 g/mol. The average molecular weight is 259 g/mol. The van der Waals surface area contributed by atoms with Gasteiger partial charge in [0.1, 0.15) is 0 Å². The highest BCUT2D eigenvalue weighted by molar-refractivity contribution is 5.89. The second-order valence-corrected chi connectivity index (χ2v) is 5.77. The predicted octanol–water partition coefficient (Wildman–Crippen LogP) is 2.40. The second kappa shape index (κ2) is 5.21. The summed E-state index contributed by atoms with van der Waals surface area (Å²) in [5.41, 5.74) is 2.01. The van der Waals surface area contributed by atoms with Crippen LogP contribution in [0.4, 0.5) is 10.5 Å². The van der Waals surface area contributed by atoms with Gasteiger partial charge in [0.15, 0.2) is 0 Å². The van der Waals surface area contributed by atoms with E-state index in [1.165, 1.54) is 12.8 Å². The fourth-order valence-corrected chi connectivity index (χ4v) is 3.25. The molecule has 4 heteroatoms. The molecule has 3 rings (SSSR count). The van der Waals surface area contributed by atoms with Crippen molar-refractivity contribution in [3.63, 3.8) is 0 Å². The Bertz CT molecular complexity index is 462. The van der Waals surface area contributed by atoms with E-state index in [0.29, 0.717) is 18.1 Å². The summed E-state index contributed by atoms with van der Waals surface area (Å²) in [7, 11) is 0. The third-order valence-electron chi connectivity index (χ3n) is 4.08. The summed E-state index contributed by atoms with van der Waals surface area (Å²) in [6, 6.07) is 9.29. The van der Waals surface area contributed by atoms with E-state index in [2.05, 4.69) is 16.0 Å². The maximum absolute atomic E-state index is 12.0. The molecule has 2 amide bonds. The number of amides is 2. The van der Waals surface area contributed by atoms with E-state index in [4.69, 9.17) is 0 Å². The Balaban J connectivity index is 1.54. The fourth-order valence-electron chi connectivity index (χ4n) is 3.25. The third-order valence-corrected chi connectivity index (χ3v) is 4.08. The van der Waals surface area contributed by atoms with Gasteiger partial charge in [0.2, 0.25) is 0 Å². The lowest BCUT2D eigenvalue weighted by atomic mass is 10.0. The summed E-state index contributed by atoms with van der Waals surface area (Å²) in [4.78, 5) is 12.0. The van der Waals surface area contributed by atoms with Crippen molar-refractivity contribution in [2.75, 3.05) is 5.32 Å². The highest BCUT2D eigenvalue weighted by Crippen LogP contribution is 2.26. The molecule has 0 radical (unpaired) electrons. The Morgan fingerprint density at radius 3 is 2.68 bits per heavy atom. The van der Waals surface area contributed by atoms with Gasteiger partial charge in [-0.25, -0.2) is 4.79 Å². The quantitative estimate of drug-likeness (QED) is 0.764. The van der Waals surface area contributed by atoms with Crippen LogP contribution < -0.4 is 16.0 Å². The molecule has 3 N–H and O–H groups in total. The lowest BCUT2D eigenvalue weighted by molar-refractivity contribution is 0.240. The number of aryl methyl sites for hydroxylation is 1. The van der Waals surface area contributed by atoms with Crippen LogP contribution in [0.25, 0.3) is 0 Å². The maximum Gasteiger partial charge on any atom is 0.319 e. The summed E-state index contributed by atoms with van der Waals surface area (Å²) in [6.07, 6.45) is 4.61. The molecule has 1 aromatic rings. The molecule has 2 bridgehead atoms. The summed E-state index contributed by atoms with van der Waals surface area (Å²) in [6.45, 7) is 2.02. The molecule has 2 unspecified atom stereocenters. The van der Waals surface area contributed by atoms with Gasteiger partial charge in [0.25, 0.3) is 0 Å². The zero-order valence-electron chi connectivity index (χ0n) is 11.3. The molecule has 2 aliphatic rings. The van der Waals surface area contributed by atoms with Crippen molar-refractivity contribution in [2.45, 2.75) is 50.7 Å².